The number of hydrogen-bond donors (Lipinski definition) is 2. The van der Waals surface area contributed by atoms with Gasteiger partial charge >= 0.3 is 0 Å². The van der Waals surface area contributed by atoms with Crippen molar-refractivity contribution in [3.05, 3.63) is 33.4 Å². The molecule has 6 nitrogen and oxygen atoms in total. The highest BCUT2D eigenvalue weighted by molar-refractivity contribution is 6.01. The van der Waals surface area contributed by atoms with Crippen molar-refractivity contribution in [1.82, 2.24) is 0 Å². The zero-order valence-corrected chi connectivity index (χ0v) is 7.48. The summed E-state index contributed by atoms with van der Waals surface area (Å²) in [4.78, 5) is 20.8. The largest absolute Gasteiger partial charge is 0.392 e. The molecule has 0 unspecified atom stereocenters. The maximum Gasteiger partial charge on any atom is 0.292 e. The van der Waals surface area contributed by atoms with Gasteiger partial charge in [-0.2, -0.15) is 0 Å². The molecule has 4 N–H and O–H groups in total. The van der Waals surface area contributed by atoms with Crippen molar-refractivity contribution in [2.75, 3.05) is 5.73 Å². The second-order valence-corrected chi connectivity index (χ2v) is 2.81. The van der Waals surface area contributed by atoms with Gasteiger partial charge in [-0.15, -0.1) is 0 Å². The van der Waals surface area contributed by atoms with Gasteiger partial charge in [-0.3, -0.25) is 14.9 Å². The molecule has 0 bridgehead atoms. The lowest BCUT2D eigenvalue weighted by Crippen LogP contribution is -2.16. The molecule has 1 rings (SSSR count). The van der Waals surface area contributed by atoms with Crippen LogP contribution >= 0.6 is 0 Å². The van der Waals surface area contributed by atoms with Crippen LogP contribution in [0.2, 0.25) is 0 Å². The fourth-order valence-corrected chi connectivity index (χ4v) is 1.20. The Labute approximate surface area is 79.7 Å². The number of amides is 1. The number of aryl methyl sites for hydroxylation is 1. The lowest BCUT2D eigenvalue weighted by atomic mass is 10.0. The topological polar surface area (TPSA) is 112 Å². The van der Waals surface area contributed by atoms with Crippen LogP contribution in [0.1, 0.15) is 15.9 Å². The van der Waals surface area contributed by atoms with E-state index in [-0.39, 0.29) is 16.9 Å². The molecule has 0 heterocycles. The maximum atomic E-state index is 10.9. The van der Waals surface area contributed by atoms with E-state index < -0.39 is 10.8 Å². The van der Waals surface area contributed by atoms with E-state index in [9.17, 15) is 14.9 Å². The normalized spacial score (nSPS) is 9.79. The van der Waals surface area contributed by atoms with Crippen molar-refractivity contribution >= 4 is 17.3 Å². The van der Waals surface area contributed by atoms with Crippen molar-refractivity contribution in [3.63, 3.8) is 0 Å². The van der Waals surface area contributed by atoms with Gasteiger partial charge in [-0.1, -0.05) is 6.07 Å². The minimum atomic E-state index is -0.760. The average molecular weight is 195 g/mol. The molecule has 0 spiro atoms. The van der Waals surface area contributed by atoms with Crippen LogP contribution in [0.5, 0.6) is 0 Å². The van der Waals surface area contributed by atoms with Crippen LogP contribution in [-0.4, -0.2) is 10.8 Å². The molecule has 6 heteroatoms. The number of benzene rings is 1. The van der Waals surface area contributed by atoms with Gasteiger partial charge in [-0.05, 0) is 12.5 Å². The molecule has 1 amide bonds. The van der Waals surface area contributed by atoms with E-state index in [1.165, 1.54) is 12.1 Å². The first-order valence-corrected chi connectivity index (χ1v) is 3.78. The number of nitro groups is 1. The predicted molar refractivity (Wildman–Crippen MR) is 50.8 cm³/mol. The third-order valence-electron chi connectivity index (χ3n) is 1.87. The lowest BCUT2D eigenvalue weighted by Gasteiger charge is -2.05. The van der Waals surface area contributed by atoms with Gasteiger partial charge in [0.1, 0.15) is 5.69 Å². The molecule has 0 aliphatic heterocycles. The Morgan fingerprint density at radius 1 is 1.50 bits per heavy atom. The van der Waals surface area contributed by atoms with Gasteiger partial charge in [0.05, 0.1) is 10.5 Å². The first kappa shape index (κ1) is 9.97. The van der Waals surface area contributed by atoms with Crippen molar-refractivity contribution in [3.8, 4) is 0 Å². The van der Waals surface area contributed by atoms with Crippen LogP contribution in [0, 0.1) is 17.0 Å². The van der Waals surface area contributed by atoms with E-state index in [1.54, 1.807) is 6.92 Å². The highest BCUT2D eigenvalue weighted by Gasteiger charge is 2.19. The van der Waals surface area contributed by atoms with Crippen LogP contribution in [0.3, 0.4) is 0 Å². The molecule has 0 aliphatic carbocycles. The van der Waals surface area contributed by atoms with Gasteiger partial charge in [0, 0.05) is 6.07 Å². The molecule has 74 valence electrons. The Kier molecular flexibility index (Phi) is 2.37. The van der Waals surface area contributed by atoms with E-state index in [2.05, 4.69) is 0 Å². The molecular weight excluding hydrogens is 186 g/mol. The summed E-state index contributed by atoms with van der Waals surface area (Å²) in [6, 6.07) is 2.69. The minimum absolute atomic E-state index is 0.0131. The Bertz CT molecular complexity index is 415. The number of nitrogens with zero attached hydrogens (tertiary/aromatic N) is 1. The standard InChI is InChI=1S/C8H9N3O3/c1-4-2-3-5(11(13)14)7(9)6(4)8(10)12/h2-3H,9H2,1H3,(H2,10,12). The van der Waals surface area contributed by atoms with E-state index >= 15 is 0 Å². The second kappa shape index (κ2) is 3.33. The zero-order chi connectivity index (χ0) is 10.9. The van der Waals surface area contributed by atoms with E-state index in [0.717, 1.165) is 0 Å². The highest BCUT2D eigenvalue weighted by Crippen LogP contribution is 2.27. The molecular formula is C8H9N3O3. The summed E-state index contributed by atoms with van der Waals surface area (Å²) in [6.07, 6.45) is 0. The number of primary amides is 1. The Morgan fingerprint density at radius 3 is 2.50 bits per heavy atom. The quantitative estimate of drug-likeness (QED) is 0.408. The Balaban J connectivity index is 3.49. The SMILES string of the molecule is Cc1ccc([N+](=O)[O-])c(N)c1C(N)=O. The van der Waals surface area contributed by atoms with Crippen LogP contribution in [0.4, 0.5) is 11.4 Å². The first-order valence-electron chi connectivity index (χ1n) is 3.78. The van der Waals surface area contributed by atoms with Crippen LogP contribution in [-0.2, 0) is 0 Å². The number of rotatable bonds is 2. The molecule has 0 aliphatic rings. The third-order valence-corrected chi connectivity index (χ3v) is 1.87. The van der Waals surface area contributed by atoms with Gasteiger partial charge in [0.25, 0.3) is 11.6 Å². The lowest BCUT2D eigenvalue weighted by molar-refractivity contribution is -0.383. The minimum Gasteiger partial charge on any atom is -0.392 e. The Hall–Kier alpha value is -2.11. The first-order chi connectivity index (χ1) is 6.45. The smallest absolute Gasteiger partial charge is 0.292 e. The average Bonchev–Trinajstić information content (AvgIpc) is 2.02. The number of anilines is 1. The number of carbonyl (C=O) groups is 1. The number of nitro benzene ring substituents is 1. The Morgan fingerprint density at radius 2 is 2.07 bits per heavy atom. The van der Waals surface area contributed by atoms with Crippen molar-refractivity contribution in [2.45, 2.75) is 6.92 Å². The van der Waals surface area contributed by atoms with Crippen molar-refractivity contribution in [2.24, 2.45) is 5.73 Å². The summed E-state index contributed by atoms with van der Waals surface area (Å²) in [5.74, 6) is -0.760. The van der Waals surface area contributed by atoms with Crippen LogP contribution in [0.25, 0.3) is 0 Å². The summed E-state index contributed by atoms with van der Waals surface area (Å²) < 4.78 is 0. The monoisotopic (exact) mass is 195 g/mol. The zero-order valence-electron chi connectivity index (χ0n) is 7.48. The summed E-state index contributed by atoms with van der Waals surface area (Å²) in [5.41, 5.74) is 10.5. The van der Waals surface area contributed by atoms with E-state index in [0.29, 0.717) is 5.56 Å². The van der Waals surface area contributed by atoms with Gasteiger partial charge in [0.15, 0.2) is 0 Å². The molecule has 1 aromatic carbocycles. The molecule has 0 saturated heterocycles. The summed E-state index contributed by atoms with van der Waals surface area (Å²) >= 11 is 0. The molecule has 14 heavy (non-hydrogen) atoms. The predicted octanol–water partition coefficient (Wildman–Crippen LogP) is 0.584. The third kappa shape index (κ3) is 1.49. The summed E-state index contributed by atoms with van der Waals surface area (Å²) in [5, 5.41) is 10.5. The van der Waals surface area contributed by atoms with Gasteiger partial charge in [0.2, 0.25) is 0 Å². The van der Waals surface area contributed by atoms with Crippen LogP contribution in [0.15, 0.2) is 12.1 Å². The molecule has 1 aromatic rings. The van der Waals surface area contributed by atoms with Gasteiger partial charge in [-0.25, -0.2) is 0 Å². The molecule has 0 aromatic heterocycles. The van der Waals surface area contributed by atoms with Crippen molar-refractivity contribution < 1.29 is 9.72 Å². The fourth-order valence-electron chi connectivity index (χ4n) is 1.20. The number of hydrogen-bond acceptors (Lipinski definition) is 4. The summed E-state index contributed by atoms with van der Waals surface area (Å²) in [6.45, 7) is 1.61. The second-order valence-electron chi connectivity index (χ2n) is 2.81. The van der Waals surface area contributed by atoms with Gasteiger partial charge < -0.3 is 11.5 Å². The number of nitrogen functional groups attached to an aromatic ring is 1. The van der Waals surface area contributed by atoms with E-state index in [1.807, 2.05) is 0 Å². The molecule has 0 atom stereocenters. The number of carbonyl (C=O) groups excluding carboxylic acids is 1. The molecule has 0 saturated carbocycles. The highest BCUT2D eigenvalue weighted by atomic mass is 16.6. The molecule has 0 radical (unpaired) electrons. The van der Waals surface area contributed by atoms with Crippen molar-refractivity contribution in [1.29, 1.82) is 0 Å². The van der Waals surface area contributed by atoms with Crippen LogP contribution < -0.4 is 11.5 Å². The van der Waals surface area contributed by atoms with E-state index in [4.69, 9.17) is 11.5 Å². The number of nitrogens with two attached hydrogens (primary N) is 2. The fraction of sp³-hybridized carbons (Fsp3) is 0.125. The summed E-state index contributed by atoms with van der Waals surface area (Å²) in [7, 11) is 0. The maximum absolute atomic E-state index is 10.9. The molecule has 0 fully saturated rings.